The fourth-order valence-corrected chi connectivity index (χ4v) is 1.95. The summed E-state index contributed by atoms with van der Waals surface area (Å²) in [5, 5.41) is 6.14. The van der Waals surface area contributed by atoms with Crippen molar-refractivity contribution in [2.75, 3.05) is 28.3 Å². The number of rotatable bonds is 4. The van der Waals surface area contributed by atoms with Crippen LogP contribution in [0, 0.1) is 0 Å². The molecule has 0 aliphatic heterocycles. The quantitative estimate of drug-likeness (QED) is 0.656. The molecule has 0 aliphatic rings. The SMILES string of the molecule is CN=C(NC)NCc1cc(OC)c(OC)cc1Br. The van der Waals surface area contributed by atoms with Crippen molar-refractivity contribution in [3.63, 3.8) is 0 Å². The number of halogens is 1. The Kier molecular flexibility index (Phi) is 5.77. The number of methoxy groups -OCH3 is 2. The molecule has 5 nitrogen and oxygen atoms in total. The van der Waals surface area contributed by atoms with Crippen LogP contribution in [0.15, 0.2) is 21.6 Å². The lowest BCUT2D eigenvalue weighted by Crippen LogP contribution is -2.34. The minimum absolute atomic E-state index is 0.633. The van der Waals surface area contributed by atoms with Gasteiger partial charge < -0.3 is 20.1 Å². The minimum atomic E-state index is 0.633. The number of guanidine groups is 1. The fourth-order valence-electron chi connectivity index (χ4n) is 1.49. The summed E-state index contributed by atoms with van der Waals surface area (Å²) in [6.07, 6.45) is 0. The maximum absolute atomic E-state index is 5.27. The van der Waals surface area contributed by atoms with Crippen LogP contribution in [-0.2, 0) is 6.54 Å². The Morgan fingerprint density at radius 2 is 1.89 bits per heavy atom. The van der Waals surface area contributed by atoms with Crippen molar-refractivity contribution >= 4 is 21.9 Å². The van der Waals surface area contributed by atoms with Crippen LogP contribution >= 0.6 is 15.9 Å². The molecule has 1 rings (SSSR count). The molecule has 2 N–H and O–H groups in total. The molecule has 0 spiro atoms. The Bertz CT molecular complexity index is 436. The second-order valence-electron chi connectivity index (χ2n) is 3.47. The van der Waals surface area contributed by atoms with E-state index in [0.29, 0.717) is 18.0 Å². The summed E-state index contributed by atoms with van der Waals surface area (Å²) in [4.78, 5) is 4.05. The third kappa shape index (κ3) is 3.53. The van der Waals surface area contributed by atoms with Gasteiger partial charge in [0.15, 0.2) is 17.5 Å². The van der Waals surface area contributed by atoms with Gasteiger partial charge in [-0.15, -0.1) is 0 Å². The normalized spacial score (nSPS) is 11.1. The zero-order valence-corrected chi connectivity index (χ0v) is 12.6. The molecule has 0 aliphatic carbocycles. The first kappa shape index (κ1) is 14.6. The molecule has 1 aromatic rings. The fraction of sp³-hybridized carbons (Fsp3) is 0.417. The number of hydrogen-bond donors (Lipinski definition) is 2. The molecule has 0 amide bonds. The van der Waals surface area contributed by atoms with Gasteiger partial charge >= 0.3 is 0 Å². The molecule has 0 fully saturated rings. The van der Waals surface area contributed by atoms with Crippen LogP contribution in [0.5, 0.6) is 11.5 Å². The molecule has 0 saturated carbocycles. The summed E-state index contributed by atoms with van der Waals surface area (Å²) in [6.45, 7) is 0.633. The lowest BCUT2D eigenvalue weighted by atomic mass is 10.2. The summed E-state index contributed by atoms with van der Waals surface area (Å²) in [5.74, 6) is 2.14. The molecule has 1 aromatic carbocycles. The van der Waals surface area contributed by atoms with Gasteiger partial charge in [0.2, 0.25) is 0 Å². The van der Waals surface area contributed by atoms with Crippen molar-refractivity contribution in [2.24, 2.45) is 4.99 Å². The Hall–Kier alpha value is -1.43. The molecular weight excluding hydrogens is 298 g/mol. The van der Waals surface area contributed by atoms with Gasteiger partial charge in [0, 0.05) is 25.1 Å². The van der Waals surface area contributed by atoms with E-state index in [9.17, 15) is 0 Å². The standard InChI is InChI=1S/C12H18BrN3O2/c1-14-12(15-2)16-7-8-5-10(17-3)11(18-4)6-9(8)13/h5-6H,7H2,1-4H3,(H2,14,15,16). The van der Waals surface area contributed by atoms with Crippen molar-refractivity contribution in [1.29, 1.82) is 0 Å². The van der Waals surface area contributed by atoms with E-state index in [2.05, 4.69) is 31.6 Å². The van der Waals surface area contributed by atoms with Crippen LogP contribution in [0.2, 0.25) is 0 Å². The maximum Gasteiger partial charge on any atom is 0.190 e. The smallest absolute Gasteiger partial charge is 0.190 e. The van der Waals surface area contributed by atoms with E-state index < -0.39 is 0 Å². The minimum Gasteiger partial charge on any atom is -0.493 e. The molecule has 0 atom stereocenters. The average molecular weight is 316 g/mol. The van der Waals surface area contributed by atoms with E-state index in [1.807, 2.05) is 19.2 Å². The Labute approximate surface area is 116 Å². The highest BCUT2D eigenvalue weighted by molar-refractivity contribution is 9.10. The maximum atomic E-state index is 5.27. The van der Waals surface area contributed by atoms with E-state index in [1.165, 1.54) is 0 Å². The lowest BCUT2D eigenvalue weighted by Gasteiger charge is -2.13. The van der Waals surface area contributed by atoms with Gasteiger partial charge in [-0.05, 0) is 17.7 Å². The Morgan fingerprint density at radius 1 is 1.28 bits per heavy atom. The van der Waals surface area contributed by atoms with Gasteiger partial charge in [-0.2, -0.15) is 0 Å². The number of nitrogens with zero attached hydrogens (tertiary/aromatic N) is 1. The van der Waals surface area contributed by atoms with Gasteiger partial charge in [0.1, 0.15) is 0 Å². The number of nitrogens with one attached hydrogen (secondary N) is 2. The third-order valence-corrected chi connectivity index (χ3v) is 3.20. The summed E-state index contributed by atoms with van der Waals surface area (Å²) in [7, 11) is 6.78. The number of benzene rings is 1. The van der Waals surface area contributed by atoms with Gasteiger partial charge in [-0.3, -0.25) is 4.99 Å². The largest absolute Gasteiger partial charge is 0.493 e. The first-order chi connectivity index (χ1) is 8.65. The van der Waals surface area contributed by atoms with E-state index in [1.54, 1.807) is 21.3 Å². The summed E-state index contributed by atoms with van der Waals surface area (Å²) < 4.78 is 11.5. The average Bonchev–Trinajstić information content (AvgIpc) is 2.40. The zero-order valence-electron chi connectivity index (χ0n) is 11.0. The molecule has 6 heteroatoms. The van der Waals surface area contributed by atoms with Crippen LogP contribution in [-0.4, -0.2) is 34.3 Å². The number of hydrogen-bond acceptors (Lipinski definition) is 3. The zero-order chi connectivity index (χ0) is 13.5. The summed E-state index contributed by atoms with van der Waals surface area (Å²) in [5.41, 5.74) is 1.06. The molecule has 100 valence electrons. The third-order valence-electron chi connectivity index (χ3n) is 2.46. The van der Waals surface area contributed by atoms with E-state index in [4.69, 9.17) is 9.47 Å². The molecule has 0 aromatic heterocycles. The topological polar surface area (TPSA) is 54.9 Å². The van der Waals surface area contributed by atoms with E-state index in [-0.39, 0.29) is 0 Å². The predicted molar refractivity (Wildman–Crippen MR) is 76.5 cm³/mol. The van der Waals surface area contributed by atoms with Crippen LogP contribution in [0.4, 0.5) is 0 Å². The van der Waals surface area contributed by atoms with E-state index >= 15 is 0 Å². The molecular formula is C12H18BrN3O2. The first-order valence-corrected chi connectivity index (χ1v) is 6.24. The van der Waals surface area contributed by atoms with Gasteiger partial charge in [0.25, 0.3) is 0 Å². The molecule has 0 bridgehead atoms. The predicted octanol–water partition coefficient (Wildman–Crippen LogP) is 1.76. The first-order valence-electron chi connectivity index (χ1n) is 5.45. The van der Waals surface area contributed by atoms with Crippen molar-refractivity contribution in [1.82, 2.24) is 10.6 Å². The van der Waals surface area contributed by atoms with Crippen molar-refractivity contribution in [2.45, 2.75) is 6.54 Å². The van der Waals surface area contributed by atoms with Gasteiger partial charge in [-0.25, -0.2) is 0 Å². The second-order valence-corrected chi connectivity index (χ2v) is 4.33. The van der Waals surface area contributed by atoms with Crippen LogP contribution < -0.4 is 20.1 Å². The van der Waals surface area contributed by atoms with Crippen LogP contribution in [0.1, 0.15) is 5.56 Å². The highest BCUT2D eigenvalue weighted by Crippen LogP contribution is 2.33. The molecule has 0 unspecified atom stereocenters. The highest BCUT2D eigenvalue weighted by atomic mass is 79.9. The molecule has 18 heavy (non-hydrogen) atoms. The van der Waals surface area contributed by atoms with E-state index in [0.717, 1.165) is 16.0 Å². The van der Waals surface area contributed by atoms with Crippen LogP contribution in [0.25, 0.3) is 0 Å². The summed E-state index contributed by atoms with van der Waals surface area (Å²) >= 11 is 3.51. The molecule has 0 heterocycles. The summed E-state index contributed by atoms with van der Waals surface area (Å²) in [6, 6.07) is 3.82. The van der Waals surface area contributed by atoms with Crippen molar-refractivity contribution in [3.8, 4) is 11.5 Å². The van der Waals surface area contributed by atoms with Gasteiger partial charge in [-0.1, -0.05) is 15.9 Å². The molecule has 0 saturated heterocycles. The Morgan fingerprint density at radius 3 is 2.39 bits per heavy atom. The second kappa shape index (κ2) is 7.10. The molecule has 0 radical (unpaired) electrons. The lowest BCUT2D eigenvalue weighted by molar-refractivity contribution is 0.354. The van der Waals surface area contributed by atoms with Gasteiger partial charge in [0.05, 0.1) is 14.2 Å². The monoisotopic (exact) mass is 315 g/mol. The Balaban J connectivity index is 2.89. The van der Waals surface area contributed by atoms with Crippen LogP contribution in [0.3, 0.4) is 0 Å². The number of aliphatic imine (C=N–C) groups is 1. The van der Waals surface area contributed by atoms with Crippen molar-refractivity contribution in [3.05, 3.63) is 22.2 Å². The highest BCUT2D eigenvalue weighted by Gasteiger charge is 2.09. The number of ether oxygens (including phenoxy) is 2. The van der Waals surface area contributed by atoms with Crippen molar-refractivity contribution < 1.29 is 9.47 Å².